The lowest BCUT2D eigenvalue weighted by Crippen LogP contribution is -2.00. The molecule has 0 aliphatic rings. The van der Waals surface area contributed by atoms with E-state index in [-0.39, 0.29) is 5.78 Å². The van der Waals surface area contributed by atoms with Gasteiger partial charge in [0.1, 0.15) is 5.03 Å². The Kier molecular flexibility index (Phi) is 6.62. The molecule has 0 bridgehead atoms. The number of benzene rings is 3. The third kappa shape index (κ3) is 5.10. The zero-order chi connectivity index (χ0) is 21.8. The molecule has 6 heteroatoms. The van der Waals surface area contributed by atoms with Gasteiger partial charge in [0, 0.05) is 44.9 Å². The van der Waals surface area contributed by atoms with Crippen molar-refractivity contribution in [1.82, 2.24) is 9.71 Å². The van der Waals surface area contributed by atoms with E-state index in [0.717, 1.165) is 33.0 Å². The number of carbonyl (C=O) groups is 1. The second-order valence-electron chi connectivity index (χ2n) is 6.84. The van der Waals surface area contributed by atoms with Crippen molar-refractivity contribution in [2.75, 3.05) is 0 Å². The number of pyridine rings is 1. The molecule has 153 valence electrons. The molecule has 1 radical (unpaired) electrons. The van der Waals surface area contributed by atoms with Crippen LogP contribution in [-0.4, -0.2) is 10.8 Å². The van der Waals surface area contributed by atoms with Crippen molar-refractivity contribution < 1.29 is 4.79 Å². The Hall–Kier alpha value is -2.79. The first-order chi connectivity index (χ1) is 15.0. The van der Waals surface area contributed by atoms with E-state index in [2.05, 4.69) is 4.98 Å². The summed E-state index contributed by atoms with van der Waals surface area (Å²) < 4.78 is 4.85. The predicted molar refractivity (Wildman–Crippen MR) is 129 cm³/mol. The molecule has 0 aliphatic carbocycles. The smallest absolute Gasteiger partial charge is 0.159 e. The van der Waals surface area contributed by atoms with E-state index in [1.54, 1.807) is 13.1 Å². The molecule has 0 atom stereocenters. The minimum absolute atomic E-state index is 0.0191. The summed E-state index contributed by atoms with van der Waals surface area (Å²) in [5.74, 6) is -0.0191. The summed E-state index contributed by atoms with van der Waals surface area (Å²) in [6.45, 7) is 1.56. The molecule has 4 rings (SSSR count). The maximum absolute atomic E-state index is 12.3. The van der Waals surface area contributed by atoms with Gasteiger partial charge in [-0.15, -0.1) is 0 Å². The standard InChI is InChI=1S/C25H17Cl2N2OS/c1-16(30)19-14-22(17-5-9-20(26)10-6-17)25(29-31-24-4-2-3-13-28-24)23(15-19)18-7-11-21(27)12-8-18/h2-15H,1H3. The van der Waals surface area contributed by atoms with Crippen LogP contribution in [0.2, 0.25) is 10.0 Å². The molecule has 0 aliphatic heterocycles. The molecule has 1 heterocycles. The van der Waals surface area contributed by atoms with Crippen LogP contribution in [0.25, 0.3) is 22.3 Å². The van der Waals surface area contributed by atoms with Gasteiger partial charge in [0.05, 0.1) is 5.69 Å². The van der Waals surface area contributed by atoms with Gasteiger partial charge in [-0.2, -0.15) is 0 Å². The molecule has 0 amide bonds. The highest BCUT2D eigenvalue weighted by Crippen LogP contribution is 2.41. The Labute approximate surface area is 195 Å². The monoisotopic (exact) mass is 463 g/mol. The SMILES string of the molecule is CC(=O)c1cc(-c2ccc(Cl)cc2)c([N]Sc2ccccn2)c(-c2ccc(Cl)cc2)c1. The molecule has 1 aromatic heterocycles. The molecule has 0 saturated heterocycles. The van der Waals surface area contributed by atoms with Crippen LogP contribution in [0.3, 0.4) is 0 Å². The van der Waals surface area contributed by atoms with Crippen LogP contribution < -0.4 is 4.72 Å². The van der Waals surface area contributed by atoms with Gasteiger partial charge in [-0.05, 0) is 66.6 Å². The van der Waals surface area contributed by atoms with Gasteiger partial charge in [-0.25, -0.2) is 9.71 Å². The van der Waals surface area contributed by atoms with Crippen LogP contribution in [0.4, 0.5) is 5.69 Å². The summed E-state index contributed by atoms with van der Waals surface area (Å²) in [4.78, 5) is 16.7. The van der Waals surface area contributed by atoms with E-state index in [1.807, 2.05) is 78.9 Å². The van der Waals surface area contributed by atoms with E-state index in [9.17, 15) is 4.79 Å². The fourth-order valence-electron chi connectivity index (χ4n) is 3.13. The lowest BCUT2D eigenvalue weighted by atomic mass is 9.92. The molecule has 3 aromatic carbocycles. The zero-order valence-corrected chi connectivity index (χ0v) is 18.9. The Morgan fingerprint density at radius 1 is 0.839 bits per heavy atom. The number of hydrogen-bond donors (Lipinski definition) is 0. The van der Waals surface area contributed by atoms with Crippen molar-refractivity contribution in [3.05, 3.63) is 101 Å². The Morgan fingerprint density at radius 2 is 1.39 bits per heavy atom. The number of nitrogens with zero attached hydrogens (tertiary/aromatic N) is 2. The number of hydrogen-bond acceptors (Lipinski definition) is 3. The van der Waals surface area contributed by atoms with Gasteiger partial charge in [0.25, 0.3) is 0 Å². The molecule has 0 unspecified atom stereocenters. The van der Waals surface area contributed by atoms with Crippen molar-refractivity contribution in [2.45, 2.75) is 11.9 Å². The molecule has 0 saturated carbocycles. The highest BCUT2D eigenvalue weighted by molar-refractivity contribution is 7.97. The third-order valence-corrected chi connectivity index (χ3v) is 5.90. The molecule has 0 fully saturated rings. The first kappa shape index (κ1) is 21.4. The Morgan fingerprint density at radius 3 is 1.84 bits per heavy atom. The minimum atomic E-state index is -0.0191. The molecule has 31 heavy (non-hydrogen) atoms. The predicted octanol–water partition coefficient (Wildman–Crippen LogP) is 7.87. The van der Waals surface area contributed by atoms with Crippen molar-refractivity contribution in [3.63, 3.8) is 0 Å². The highest BCUT2D eigenvalue weighted by Gasteiger charge is 2.18. The normalized spacial score (nSPS) is 10.7. The maximum Gasteiger partial charge on any atom is 0.159 e. The summed E-state index contributed by atoms with van der Waals surface area (Å²) in [5, 5.41) is 2.07. The maximum atomic E-state index is 12.3. The molecule has 0 N–H and O–H groups in total. The van der Waals surface area contributed by atoms with Crippen LogP contribution in [0, 0.1) is 0 Å². The Balaban J connectivity index is 1.90. The van der Waals surface area contributed by atoms with Crippen molar-refractivity contribution in [1.29, 1.82) is 0 Å². The molecule has 0 spiro atoms. The average molecular weight is 464 g/mol. The summed E-state index contributed by atoms with van der Waals surface area (Å²) in [6, 6.07) is 24.5. The molecular formula is C25H17Cl2N2OS. The fourth-order valence-corrected chi connectivity index (χ4v) is 4.01. The summed E-state index contributed by atoms with van der Waals surface area (Å²) >= 11 is 13.5. The molecular weight excluding hydrogens is 447 g/mol. The first-order valence-electron chi connectivity index (χ1n) is 9.51. The van der Waals surface area contributed by atoms with E-state index in [4.69, 9.17) is 27.9 Å². The number of halogens is 2. The first-order valence-corrected chi connectivity index (χ1v) is 11.0. The number of aromatic nitrogens is 1. The lowest BCUT2D eigenvalue weighted by molar-refractivity contribution is 0.101. The molecule has 4 aromatic rings. The topological polar surface area (TPSA) is 44.1 Å². The van der Waals surface area contributed by atoms with Gasteiger partial charge in [0.2, 0.25) is 0 Å². The average Bonchev–Trinajstić information content (AvgIpc) is 2.79. The minimum Gasteiger partial charge on any atom is -0.295 e. The summed E-state index contributed by atoms with van der Waals surface area (Å²) in [6.07, 6.45) is 1.73. The summed E-state index contributed by atoms with van der Waals surface area (Å²) in [7, 11) is 0. The van der Waals surface area contributed by atoms with Gasteiger partial charge in [0.15, 0.2) is 5.78 Å². The van der Waals surface area contributed by atoms with Gasteiger partial charge >= 0.3 is 0 Å². The van der Waals surface area contributed by atoms with Crippen molar-refractivity contribution in [2.24, 2.45) is 0 Å². The van der Waals surface area contributed by atoms with E-state index in [0.29, 0.717) is 15.6 Å². The van der Waals surface area contributed by atoms with Gasteiger partial charge in [-0.3, -0.25) is 4.79 Å². The van der Waals surface area contributed by atoms with Crippen LogP contribution in [0.15, 0.2) is 90.1 Å². The van der Waals surface area contributed by atoms with Gasteiger partial charge in [-0.1, -0.05) is 53.5 Å². The van der Waals surface area contributed by atoms with E-state index >= 15 is 0 Å². The quantitative estimate of drug-likeness (QED) is 0.215. The van der Waals surface area contributed by atoms with Gasteiger partial charge < -0.3 is 0 Å². The second kappa shape index (κ2) is 9.56. The van der Waals surface area contributed by atoms with Crippen LogP contribution in [-0.2, 0) is 0 Å². The highest BCUT2D eigenvalue weighted by atomic mass is 35.5. The number of carbonyl (C=O) groups excluding carboxylic acids is 1. The van der Waals surface area contributed by atoms with Crippen molar-refractivity contribution in [3.8, 4) is 22.3 Å². The number of rotatable bonds is 6. The Bertz CT molecular complexity index is 1140. The molecule has 3 nitrogen and oxygen atoms in total. The third-order valence-electron chi connectivity index (χ3n) is 4.70. The van der Waals surface area contributed by atoms with Crippen molar-refractivity contribution >= 4 is 46.6 Å². The largest absolute Gasteiger partial charge is 0.295 e. The van der Waals surface area contributed by atoms with Crippen LogP contribution in [0.5, 0.6) is 0 Å². The van der Waals surface area contributed by atoms with E-state index in [1.165, 1.54) is 11.9 Å². The fraction of sp³-hybridized carbons (Fsp3) is 0.0400. The lowest BCUT2D eigenvalue weighted by Gasteiger charge is -2.17. The van der Waals surface area contributed by atoms with E-state index < -0.39 is 0 Å². The summed E-state index contributed by atoms with van der Waals surface area (Å²) in [5.41, 5.74) is 4.89. The number of Topliss-reactive ketones (excluding diaryl/α,β-unsaturated/α-hetero) is 1. The van der Waals surface area contributed by atoms with Crippen LogP contribution >= 0.6 is 35.1 Å². The number of ketones is 1. The van der Waals surface area contributed by atoms with Crippen LogP contribution in [0.1, 0.15) is 17.3 Å². The zero-order valence-electron chi connectivity index (χ0n) is 16.5. The second-order valence-corrected chi connectivity index (χ2v) is 8.50.